The molecule has 0 saturated carbocycles. The number of aliphatic hydroxyl groups excluding tert-OH is 1. The number of rotatable bonds is 1. The van der Waals surface area contributed by atoms with E-state index in [1.165, 1.54) is 0 Å². The molecule has 2 fully saturated rings. The van der Waals surface area contributed by atoms with Crippen LogP contribution >= 0.6 is 0 Å². The summed E-state index contributed by atoms with van der Waals surface area (Å²) >= 11 is 0. The van der Waals surface area contributed by atoms with Gasteiger partial charge >= 0.3 is 0 Å². The van der Waals surface area contributed by atoms with E-state index >= 15 is 0 Å². The van der Waals surface area contributed by atoms with Crippen molar-refractivity contribution in [2.75, 3.05) is 32.8 Å². The molecule has 2 atom stereocenters. The van der Waals surface area contributed by atoms with Crippen molar-refractivity contribution in [1.82, 2.24) is 10.2 Å². The van der Waals surface area contributed by atoms with Gasteiger partial charge in [0.1, 0.15) is 0 Å². The smallest absolute Gasteiger partial charge is 0.239 e. The first-order valence-electron chi connectivity index (χ1n) is 5.05. The molecule has 0 unspecified atom stereocenters. The molecular weight excluding hydrogens is 184 g/mol. The molecular formula is C9H16N2O3. The highest BCUT2D eigenvalue weighted by atomic mass is 16.5. The van der Waals surface area contributed by atoms with E-state index in [1.54, 1.807) is 4.90 Å². The SMILES string of the molecule is O=C([C@@H]1C[C@@H](O)CN1)N1CCOCC1. The lowest BCUT2D eigenvalue weighted by molar-refractivity contribution is -0.137. The van der Waals surface area contributed by atoms with Crippen LogP contribution in [0.15, 0.2) is 0 Å². The zero-order valence-electron chi connectivity index (χ0n) is 8.11. The Morgan fingerprint density at radius 1 is 1.43 bits per heavy atom. The van der Waals surface area contributed by atoms with E-state index in [2.05, 4.69) is 5.32 Å². The van der Waals surface area contributed by atoms with Crippen molar-refractivity contribution in [2.45, 2.75) is 18.6 Å². The number of hydrogen-bond acceptors (Lipinski definition) is 4. The number of β-amino-alcohol motifs (C(OH)–C–C–N with tert-alkyl or cyclic N) is 1. The van der Waals surface area contributed by atoms with Crippen molar-refractivity contribution in [3.63, 3.8) is 0 Å². The fourth-order valence-corrected chi connectivity index (χ4v) is 1.91. The van der Waals surface area contributed by atoms with Gasteiger partial charge in [-0.15, -0.1) is 0 Å². The highest BCUT2D eigenvalue weighted by Crippen LogP contribution is 2.10. The van der Waals surface area contributed by atoms with Gasteiger partial charge in [0.25, 0.3) is 0 Å². The number of aliphatic hydroxyl groups is 1. The lowest BCUT2D eigenvalue weighted by atomic mass is 10.2. The molecule has 2 saturated heterocycles. The number of hydrogen-bond donors (Lipinski definition) is 2. The summed E-state index contributed by atoms with van der Waals surface area (Å²) in [6, 6.07) is -0.192. The Morgan fingerprint density at radius 2 is 2.14 bits per heavy atom. The van der Waals surface area contributed by atoms with E-state index in [1.807, 2.05) is 0 Å². The Kier molecular flexibility index (Phi) is 3.00. The van der Waals surface area contributed by atoms with E-state index in [0.29, 0.717) is 39.3 Å². The van der Waals surface area contributed by atoms with Gasteiger partial charge in [-0.1, -0.05) is 0 Å². The molecule has 2 aliphatic rings. The van der Waals surface area contributed by atoms with Crippen LogP contribution in [0.3, 0.4) is 0 Å². The third kappa shape index (κ3) is 2.05. The van der Waals surface area contributed by atoms with Crippen LogP contribution in [0.4, 0.5) is 0 Å². The number of nitrogens with one attached hydrogen (secondary N) is 1. The fraction of sp³-hybridized carbons (Fsp3) is 0.889. The number of morpholine rings is 1. The third-order valence-corrected chi connectivity index (χ3v) is 2.73. The molecule has 0 bridgehead atoms. The maximum atomic E-state index is 11.8. The summed E-state index contributed by atoms with van der Waals surface area (Å²) < 4.78 is 5.17. The Labute approximate surface area is 83.0 Å². The van der Waals surface area contributed by atoms with Gasteiger partial charge < -0.3 is 20.1 Å². The van der Waals surface area contributed by atoms with Gasteiger partial charge in [-0.05, 0) is 6.42 Å². The molecule has 1 amide bonds. The van der Waals surface area contributed by atoms with Crippen molar-refractivity contribution in [1.29, 1.82) is 0 Å². The van der Waals surface area contributed by atoms with Gasteiger partial charge in [-0.3, -0.25) is 4.79 Å². The first-order valence-corrected chi connectivity index (χ1v) is 5.05. The Balaban J connectivity index is 1.87. The van der Waals surface area contributed by atoms with Crippen LogP contribution in [0.1, 0.15) is 6.42 Å². The molecule has 5 nitrogen and oxygen atoms in total. The number of carbonyl (C=O) groups excluding carboxylic acids is 1. The van der Waals surface area contributed by atoms with E-state index in [0.717, 1.165) is 0 Å². The van der Waals surface area contributed by atoms with Crippen molar-refractivity contribution in [3.05, 3.63) is 0 Å². The predicted molar refractivity (Wildman–Crippen MR) is 49.8 cm³/mol. The molecule has 2 aliphatic heterocycles. The second kappa shape index (κ2) is 4.25. The molecule has 2 heterocycles. The molecule has 2 rings (SSSR count). The van der Waals surface area contributed by atoms with Crippen LogP contribution < -0.4 is 5.32 Å². The summed E-state index contributed by atoms with van der Waals surface area (Å²) in [5.41, 5.74) is 0. The number of carbonyl (C=O) groups is 1. The standard InChI is InChI=1S/C9H16N2O3/c12-7-5-8(10-6-7)9(13)11-1-3-14-4-2-11/h7-8,10,12H,1-6H2/t7-,8+/m1/s1. The Morgan fingerprint density at radius 3 is 2.71 bits per heavy atom. The van der Waals surface area contributed by atoms with E-state index < -0.39 is 0 Å². The first-order chi connectivity index (χ1) is 6.77. The van der Waals surface area contributed by atoms with Gasteiger partial charge in [0.05, 0.1) is 25.4 Å². The zero-order chi connectivity index (χ0) is 9.97. The molecule has 0 radical (unpaired) electrons. The molecule has 2 N–H and O–H groups in total. The minimum atomic E-state index is -0.370. The predicted octanol–water partition coefficient (Wildman–Crippen LogP) is -1.43. The highest BCUT2D eigenvalue weighted by Gasteiger charge is 2.31. The van der Waals surface area contributed by atoms with Crippen LogP contribution in [0, 0.1) is 0 Å². The van der Waals surface area contributed by atoms with E-state index in [9.17, 15) is 9.90 Å². The van der Waals surface area contributed by atoms with E-state index in [4.69, 9.17) is 4.74 Å². The molecule has 0 aromatic rings. The third-order valence-electron chi connectivity index (χ3n) is 2.73. The first kappa shape index (κ1) is 9.89. The quantitative estimate of drug-likeness (QED) is 0.544. The Hall–Kier alpha value is -0.650. The summed E-state index contributed by atoms with van der Waals surface area (Å²) in [6.45, 7) is 3.13. The average Bonchev–Trinajstić information content (AvgIpc) is 2.65. The molecule has 0 aliphatic carbocycles. The van der Waals surface area contributed by atoms with Crippen molar-refractivity contribution in [3.8, 4) is 0 Å². The summed E-state index contributed by atoms with van der Waals surface area (Å²) in [5.74, 6) is 0.102. The van der Waals surface area contributed by atoms with E-state index in [-0.39, 0.29) is 18.1 Å². The van der Waals surface area contributed by atoms with Gasteiger partial charge in [-0.2, -0.15) is 0 Å². The summed E-state index contributed by atoms with van der Waals surface area (Å²) in [7, 11) is 0. The summed E-state index contributed by atoms with van der Waals surface area (Å²) in [5, 5.41) is 12.3. The van der Waals surface area contributed by atoms with Crippen LogP contribution in [0.25, 0.3) is 0 Å². The number of ether oxygens (including phenoxy) is 1. The van der Waals surface area contributed by atoms with Crippen LogP contribution in [-0.2, 0) is 9.53 Å². The largest absolute Gasteiger partial charge is 0.392 e. The minimum Gasteiger partial charge on any atom is -0.392 e. The topological polar surface area (TPSA) is 61.8 Å². The lowest BCUT2D eigenvalue weighted by Gasteiger charge is -2.29. The van der Waals surface area contributed by atoms with Crippen molar-refractivity contribution < 1.29 is 14.6 Å². The second-order valence-electron chi connectivity index (χ2n) is 3.79. The average molecular weight is 200 g/mol. The Bertz CT molecular complexity index is 209. The lowest BCUT2D eigenvalue weighted by Crippen LogP contribution is -2.48. The normalized spacial score (nSPS) is 33.4. The molecule has 0 aromatic heterocycles. The van der Waals surface area contributed by atoms with Crippen molar-refractivity contribution in [2.24, 2.45) is 0 Å². The maximum absolute atomic E-state index is 11.8. The van der Waals surface area contributed by atoms with Crippen LogP contribution in [-0.4, -0.2) is 60.9 Å². The molecule has 80 valence electrons. The van der Waals surface area contributed by atoms with Gasteiger partial charge in [0.2, 0.25) is 5.91 Å². The fourth-order valence-electron chi connectivity index (χ4n) is 1.91. The summed E-state index contributed by atoms with van der Waals surface area (Å²) in [6.07, 6.45) is 0.168. The van der Waals surface area contributed by atoms with Gasteiger partial charge in [0, 0.05) is 19.6 Å². The monoisotopic (exact) mass is 200 g/mol. The molecule has 5 heteroatoms. The number of amides is 1. The summed E-state index contributed by atoms with van der Waals surface area (Å²) in [4.78, 5) is 13.6. The van der Waals surface area contributed by atoms with Crippen molar-refractivity contribution >= 4 is 5.91 Å². The van der Waals surface area contributed by atoms with Gasteiger partial charge in [-0.25, -0.2) is 0 Å². The van der Waals surface area contributed by atoms with Gasteiger partial charge in [0.15, 0.2) is 0 Å². The second-order valence-corrected chi connectivity index (χ2v) is 3.79. The number of nitrogens with zero attached hydrogens (tertiary/aromatic N) is 1. The molecule has 0 spiro atoms. The molecule has 0 aromatic carbocycles. The maximum Gasteiger partial charge on any atom is 0.239 e. The molecule has 14 heavy (non-hydrogen) atoms. The van der Waals surface area contributed by atoms with Crippen LogP contribution in [0.2, 0.25) is 0 Å². The highest BCUT2D eigenvalue weighted by molar-refractivity contribution is 5.82. The van der Waals surface area contributed by atoms with Crippen LogP contribution in [0.5, 0.6) is 0 Å². The minimum absolute atomic E-state index is 0.102. The zero-order valence-corrected chi connectivity index (χ0v) is 8.11.